The number of rotatable bonds is 6. The van der Waals surface area contributed by atoms with Gasteiger partial charge in [0.15, 0.2) is 0 Å². The van der Waals surface area contributed by atoms with E-state index < -0.39 is 11.7 Å². The highest BCUT2D eigenvalue weighted by molar-refractivity contribution is 5.56. The van der Waals surface area contributed by atoms with E-state index in [1.807, 2.05) is 9.80 Å². The van der Waals surface area contributed by atoms with Crippen molar-refractivity contribution in [1.82, 2.24) is 15.0 Å². The van der Waals surface area contributed by atoms with Crippen LogP contribution in [0.25, 0.3) is 0 Å². The molecule has 0 radical (unpaired) electrons. The molecule has 2 aromatic carbocycles. The first-order chi connectivity index (χ1) is 15.8. The number of para-hydroxylation sites is 1. The van der Waals surface area contributed by atoms with Crippen molar-refractivity contribution < 1.29 is 22.3 Å². The van der Waals surface area contributed by atoms with Crippen LogP contribution in [-0.4, -0.2) is 47.7 Å². The van der Waals surface area contributed by atoms with Crippen LogP contribution in [0, 0.1) is 5.82 Å². The molecule has 3 aromatic rings. The Balaban J connectivity index is 1.53. The maximum Gasteiger partial charge on any atom is 0.416 e. The van der Waals surface area contributed by atoms with Gasteiger partial charge < -0.3 is 19.9 Å². The van der Waals surface area contributed by atoms with Gasteiger partial charge in [0.2, 0.25) is 11.9 Å². The molecule has 11 heteroatoms. The number of nitrogens with one attached hydrogen (secondary N) is 1. The average Bonchev–Trinajstić information content (AvgIpc) is 2.79. The van der Waals surface area contributed by atoms with Crippen LogP contribution >= 0.6 is 0 Å². The van der Waals surface area contributed by atoms with Gasteiger partial charge in [-0.3, -0.25) is 0 Å². The lowest BCUT2D eigenvalue weighted by molar-refractivity contribution is -0.137. The maximum absolute atomic E-state index is 14.1. The average molecular weight is 462 g/mol. The molecule has 33 heavy (non-hydrogen) atoms. The summed E-state index contributed by atoms with van der Waals surface area (Å²) < 4.78 is 58.6. The van der Waals surface area contributed by atoms with E-state index in [4.69, 9.17) is 4.74 Å². The number of benzene rings is 2. The Morgan fingerprint density at radius 3 is 2.36 bits per heavy atom. The second kappa shape index (κ2) is 9.47. The Labute approximate surface area is 188 Å². The molecule has 174 valence electrons. The number of hydrogen-bond acceptors (Lipinski definition) is 7. The zero-order valence-corrected chi connectivity index (χ0v) is 17.8. The predicted molar refractivity (Wildman–Crippen MR) is 117 cm³/mol. The lowest BCUT2D eigenvalue weighted by atomic mass is 10.2. The Morgan fingerprint density at radius 1 is 0.939 bits per heavy atom. The number of piperazine rings is 1. The fraction of sp³-hybridized carbons (Fsp3) is 0.318. The molecular weight excluding hydrogens is 440 g/mol. The van der Waals surface area contributed by atoms with E-state index in [0.29, 0.717) is 44.4 Å². The predicted octanol–water partition coefficient (Wildman–Crippen LogP) is 4.50. The normalized spacial score (nSPS) is 14.3. The first-order valence-corrected chi connectivity index (χ1v) is 10.4. The zero-order valence-electron chi connectivity index (χ0n) is 17.8. The summed E-state index contributed by atoms with van der Waals surface area (Å²) in [6.45, 7) is 4.23. The van der Waals surface area contributed by atoms with Crippen LogP contribution in [-0.2, 0) is 6.18 Å². The summed E-state index contributed by atoms with van der Waals surface area (Å²) in [6, 6.07) is 11.4. The van der Waals surface area contributed by atoms with Crippen molar-refractivity contribution in [2.24, 2.45) is 0 Å². The second-order valence-corrected chi connectivity index (χ2v) is 7.30. The van der Waals surface area contributed by atoms with Gasteiger partial charge in [0.25, 0.3) is 0 Å². The quantitative estimate of drug-likeness (QED) is 0.541. The Kier molecular flexibility index (Phi) is 6.47. The Bertz CT molecular complexity index is 1100. The molecule has 0 amide bonds. The minimum absolute atomic E-state index is 0.0634. The molecule has 1 N–H and O–H groups in total. The molecule has 0 bridgehead atoms. The van der Waals surface area contributed by atoms with E-state index in [-0.39, 0.29) is 23.5 Å². The standard InChI is InChI=1S/C22H22F4N6O/c1-2-33-21-29-19(27-16-7-5-6-15(14-16)22(24,25)26)28-20(30-21)32-12-10-31(11-13-32)18-9-4-3-8-17(18)23/h3-9,14H,2,10-13H2,1H3,(H,27,28,29,30). The monoisotopic (exact) mass is 462 g/mol. The third kappa shape index (κ3) is 5.41. The van der Waals surface area contributed by atoms with E-state index in [9.17, 15) is 17.6 Å². The van der Waals surface area contributed by atoms with Crippen LogP contribution in [0.5, 0.6) is 6.01 Å². The van der Waals surface area contributed by atoms with E-state index in [1.165, 1.54) is 18.2 Å². The Hall–Kier alpha value is -3.63. The fourth-order valence-electron chi connectivity index (χ4n) is 3.49. The molecule has 0 unspecified atom stereocenters. The molecule has 0 saturated carbocycles. The van der Waals surface area contributed by atoms with Crippen LogP contribution in [0.1, 0.15) is 12.5 Å². The second-order valence-electron chi connectivity index (χ2n) is 7.30. The molecular formula is C22H22F4N6O. The molecule has 4 rings (SSSR count). The van der Waals surface area contributed by atoms with Gasteiger partial charge in [0, 0.05) is 31.9 Å². The lowest BCUT2D eigenvalue weighted by Gasteiger charge is -2.36. The van der Waals surface area contributed by atoms with Crippen molar-refractivity contribution in [2.75, 3.05) is 47.9 Å². The number of ether oxygens (including phenoxy) is 1. The van der Waals surface area contributed by atoms with E-state index in [2.05, 4.69) is 20.3 Å². The van der Waals surface area contributed by atoms with Gasteiger partial charge in [-0.1, -0.05) is 18.2 Å². The lowest BCUT2D eigenvalue weighted by Crippen LogP contribution is -2.47. The largest absolute Gasteiger partial charge is 0.464 e. The molecule has 1 saturated heterocycles. The third-order valence-electron chi connectivity index (χ3n) is 5.08. The molecule has 0 aliphatic carbocycles. The third-order valence-corrected chi connectivity index (χ3v) is 5.08. The minimum atomic E-state index is -4.46. The summed E-state index contributed by atoms with van der Waals surface area (Å²) in [7, 11) is 0. The SMILES string of the molecule is CCOc1nc(Nc2cccc(C(F)(F)F)c2)nc(N2CCN(c3ccccc3F)CC2)n1. The van der Waals surface area contributed by atoms with E-state index in [0.717, 1.165) is 12.1 Å². The molecule has 2 heterocycles. The molecule has 1 fully saturated rings. The van der Waals surface area contributed by atoms with Crippen molar-refractivity contribution in [3.05, 3.63) is 59.9 Å². The minimum Gasteiger partial charge on any atom is -0.464 e. The van der Waals surface area contributed by atoms with Crippen LogP contribution in [0.2, 0.25) is 0 Å². The van der Waals surface area contributed by atoms with Gasteiger partial charge in [0.05, 0.1) is 17.9 Å². The topological polar surface area (TPSA) is 66.4 Å². The number of anilines is 4. The smallest absolute Gasteiger partial charge is 0.416 e. The van der Waals surface area contributed by atoms with Gasteiger partial charge >= 0.3 is 12.2 Å². The summed E-state index contributed by atoms with van der Waals surface area (Å²) in [5.74, 6) is 0.118. The molecule has 1 aliphatic heterocycles. The number of alkyl halides is 3. The van der Waals surface area contributed by atoms with Crippen molar-refractivity contribution in [3.63, 3.8) is 0 Å². The number of hydrogen-bond donors (Lipinski definition) is 1. The van der Waals surface area contributed by atoms with Crippen molar-refractivity contribution in [3.8, 4) is 6.01 Å². The van der Waals surface area contributed by atoms with E-state index >= 15 is 0 Å². The van der Waals surface area contributed by atoms with Crippen LogP contribution in [0.15, 0.2) is 48.5 Å². The van der Waals surface area contributed by atoms with Crippen LogP contribution < -0.4 is 19.9 Å². The number of halogens is 4. The molecule has 1 aliphatic rings. The maximum atomic E-state index is 14.1. The highest BCUT2D eigenvalue weighted by Gasteiger charge is 2.30. The fourth-order valence-corrected chi connectivity index (χ4v) is 3.49. The van der Waals surface area contributed by atoms with Crippen molar-refractivity contribution in [2.45, 2.75) is 13.1 Å². The number of aromatic nitrogens is 3. The Morgan fingerprint density at radius 2 is 1.67 bits per heavy atom. The number of nitrogens with zero attached hydrogens (tertiary/aromatic N) is 5. The molecule has 0 spiro atoms. The van der Waals surface area contributed by atoms with Gasteiger partial charge in [-0.2, -0.15) is 28.1 Å². The van der Waals surface area contributed by atoms with Crippen molar-refractivity contribution >= 4 is 23.3 Å². The van der Waals surface area contributed by atoms with Gasteiger partial charge in [0.1, 0.15) is 5.82 Å². The van der Waals surface area contributed by atoms with Crippen LogP contribution in [0.4, 0.5) is 40.8 Å². The summed E-state index contributed by atoms with van der Waals surface area (Å²) in [5.41, 5.74) is -0.0559. The van der Waals surface area contributed by atoms with Crippen LogP contribution in [0.3, 0.4) is 0 Å². The van der Waals surface area contributed by atoms with Gasteiger partial charge in [-0.05, 0) is 37.3 Å². The first-order valence-electron chi connectivity index (χ1n) is 10.4. The molecule has 0 atom stereocenters. The highest BCUT2D eigenvalue weighted by atomic mass is 19.4. The van der Waals surface area contributed by atoms with Gasteiger partial charge in [-0.25, -0.2) is 4.39 Å². The van der Waals surface area contributed by atoms with E-state index in [1.54, 1.807) is 25.1 Å². The molecule has 1 aromatic heterocycles. The van der Waals surface area contributed by atoms with Crippen molar-refractivity contribution in [1.29, 1.82) is 0 Å². The molecule has 7 nitrogen and oxygen atoms in total. The van der Waals surface area contributed by atoms with Gasteiger partial charge in [-0.15, -0.1) is 0 Å². The summed E-state index contributed by atoms with van der Waals surface area (Å²) in [4.78, 5) is 16.7. The zero-order chi connectivity index (χ0) is 23.4. The summed E-state index contributed by atoms with van der Waals surface area (Å²) >= 11 is 0. The summed E-state index contributed by atoms with van der Waals surface area (Å²) in [5, 5.41) is 2.81. The highest BCUT2D eigenvalue weighted by Crippen LogP contribution is 2.31. The first kappa shape index (κ1) is 22.6. The summed E-state index contributed by atoms with van der Waals surface area (Å²) in [6.07, 6.45) is -4.46.